The summed E-state index contributed by atoms with van der Waals surface area (Å²) >= 11 is 0. The van der Waals surface area contributed by atoms with Crippen molar-refractivity contribution < 1.29 is 9.59 Å². The maximum atomic E-state index is 13.5. The first-order chi connectivity index (χ1) is 40.0. The molecule has 0 spiro atoms. The minimum atomic E-state index is -0.222. The van der Waals surface area contributed by atoms with Crippen LogP contribution in [0.15, 0.2) is 24.3 Å². The third kappa shape index (κ3) is 58.2. The Morgan fingerprint density at radius 2 is 0.617 bits per heavy atom. The van der Waals surface area contributed by atoms with E-state index < -0.39 is 0 Å². The summed E-state index contributed by atoms with van der Waals surface area (Å²) in [6, 6.07) is -0.416. The molecule has 0 aliphatic carbocycles. The fourth-order valence-electron chi connectivity index (χ4n) is 10.6. The summed E-state index contributed by atoms with van der Waals surface area (Å²) in [6.45, 7) is 20.0. The van der Waals surface area contributed by atoms with Crippen molar-refractivity contribution in [1.82, 2.24) is 41.7 Å². The minimum Gasteiger partial charge on any atom is -0.355 e. The topological polar surface area (TPSA) is 217 Å². The first kappa shape index (κ1) is 79.0. The Labute approximate surface area is 502 Å². The maximum absolute atomic E-state index is 13.5. The number of unbranched alkanes of at least 4 members (excludes halogenated alkanes) is 25. The Morgan fingerprint density at radius 3 is 1.00 bits per heavy atom. The van der Waals surface area contributed by atoms with Gasteiger partial charge in [-0.2, -0.15) is 0 Å². The molecular formula is C67H140N12O2. The number of hydrogen-bond acceptors (Lipinski definition) is 12. The highest BCUT2D eigenvalue weighted by Gasteiger charge is 2.19. The van der Waals surface area contributed by atoms with E-state index in [9.17, 15) is 9.59 Å². The molecule has 0 aromatic heterocycles. The molecule has 2 atom stereocenters. The predicted molar refractivity (Wildman–Crippen MR) is 354 cm³/mol. The molecule has 14 N–H and O–H groups in total. The van der Waals surface area contributed by atoms with Gasteiger partial charge in [0, 0.05) is 13.1 Å². The van der Waals surface area contributed by atoms with Crippen LogP contribution in [0.4, 0.5) is 0 Å². The number of carbonyl (C=O) groups excluding carboxylic acids is 2. The highest BCUT2D eigenvalue weighted by molar-refractivity contribution is 5.82. The van der Waals surface area contributed by atoms with Gasteiger partial charge in [-0.25, -0.2) is 0 Å². The van der Waals surface area contributed by atoms with Crippen LogP contribution >= 0.6 is 0 Å². The smallest absolute Gasteiger partial charge is 0.237 e. The van der Waals surface area contributed by atoms with E-state index in [1.807, 2.05) is 0 Å². The van der Waals surface area contributed by atoms with E-state index in [0.29, 0.717) is 39.3 Å². The first-order valence-corrected chi connectivity index (χ1v) is 35.0. The van der Waals surface area contributed by atoms with Crippen LogP contribution < -0.4 is 54.8 Å². The molecule has 2 amide bonds. The van der Waals surface area contributed by atoms with Crippen molar-refractivity contribution in [3.05, 3.63) is 24.3 Å². The molecular weight excluding hydrogens is 1000 g/mol. The van der Waals surface area contributed by atoms with E-state index in [-0.39, 0.29) is 23.9 Å². The van der Waals surface area contributed by atoms with Crippen molar-refractivity contribution in [3.63, 3.8) is 0 Å². The highest BCUT2D eigenvalue weighted by Crippen LogP contribution is 2.14. The standard InChI is InChI=1S/C67H140N12O2/c1-3-5-7-9-11-13-15-17-19-21-23-25-27-29-31-33-58-78(62-42-55-76-66(80)64(74-53-40-48-70)44-37-50-72-51-38-46-68)60-35-36-61-79(59-34-32-30-28-26-24-22-20-18-16-14-12-10-8-6-4-2)63-43-56-77-67(81)65(75-54-41-49-71)45-57-73-52-39-47-69/h17-20,64-65,72-75H,3-16,21-63,68-71H2,1-2H3,(H,76,80)(H,77,81)/b19-17+,20-18-. The molecule has 0 fully saturated rings. The Hall–Kier alpha value is -1.98. The second-order valence-corrected chi connectivity index (χ2v) is 23.6. The number of nitrogens with zero attached hydrogens (tertiary/aromatic N) is 2. The Morgan fingerprint density at radius 1 is 0.321 bits per heavy atom. The van der Waals surface area contributed by atoms with Crippen molar-refractivity contribution in [2.24, 2.45) is 22.9 Å². The van der Waals surface area contributed by atoms with Crippen LogP contribution in [0.3, 0.4) is 0 Å². The highest BCUT2D eigenvalue weighted by atomic mass is 16.2. The van der Waals surface area contributed by atoms with Crippen LogP contribution in [0.2, 0.25) is 0 Å². The summed E-state index contributed by atoms with van der Waals surface area (Å²) in [6.07, 6.45) is 57.1. The van der Waals surface area contributed by atoms with E-state index in [2.05, 4.69) is 79.9 Å². The van der Waals surface area contributed by atoms with Gasteiger partial charge in [-0.15, -0.1) is 0 Å². The molecule has 0 radical (unpaired) electrons. The summed E-state index contributed by atoms with van der Waals surface area (Å²) in [5.74, 6) is 0.204. The number of amides is 2. The van der Waals surface area contributed by atoms with Gasteiger partial charge in [-0.3, -0.25) is 9.59 Å². The number of carbonyl (C=O) groups is 2. The third-order valence-electron chi connectivity index (χ3n) is 15.8. The summed E-state index contributed by atoms with van der Waals surface area (Å²) in [5, 5.41) is 20.4. The van der Waals surface area contributed by atoms with E-state index >= 15 is 0 Å². The van der Waals surface area contributed by atoms with Gasteiger partial charge in [0.2, 0.25) is 11.8 Å². The lowest BCUT2D eigenvalue weighted by Gasteiger charge is -2.25. The second-order valence-electron chi connectivity index (χ2n) is 23.6. The number of allylic oxidation sites excluding steroid dienone is 4. The molecule has 0 heterocycles. The summed E-state index contributed by atoms with van der Waals surface area (Å²) < 4.78 is 0. The Bertz CT molecular complexity index is 1330. The molecule has 0 saturated heterocycles. The zero-order chi connectivity index (χ0) is 58.8. The van der Waals surface area contributed by atoms with Crippen molar-refractivity contribution in [2.75, 3.05) is 118 Å². The molecule has 480 valence electrons. The van der Waals surface area contributed by atoms with Gasteiger partial charge in [0.05, 0.1) is 12.1 Å². The molecule has 14 heteroatoms. The van der Waals surface area contributed by atoms with E-state index in [1.165, 1.54) is 193 Å². The Balaban J connectivity index is 5.44. The van der Waals surface area contributed by atoms with Gasteiger partial charge in [0.1, 0.15) is 0 Å². The number of nitrogens with one attached hydrogen (secondary N) is 6. The maximum Gasteiger partial charge on any atom is 0.237 e. The molecule has 0 saturated carbocycles. The van der Waals surface area contributed by atoms with E-state index in [0.717, 1.165) is 136 Å². The number of rotatable bonds is 68. The average molecular weight is 1150 g/mol. The van der Waals surface area contributed by atoms with Crippen LogP contribution in [0, 0.1) is 0 Å². The first-order valence-electron chi connectivity index (χ1n) is 35.0. The van der Waals surface area contributed by atoms with Crippen molar-refractivity contribution in [1.29, 1.82) is 0 Å². The van der Waals surface area contributed by atoms with Gasteiger partial charge in [0.15, 0.2) is 0 Å². The SMILES string of the molecule is CCCCCCCC/C=C\CCCCCCCCN(CCCCN(CCCCCCCC/C=C/CCCCCCCC)CCCNC(=O)C(CCCNCCCN)NCCCN)CCCNC(=O)C(CCNCCCN)NCCCN. The van der Waals surface area contributed by atoms with Crippen LogP contribution in [0.5, 0.6) is 0 Å². The van der Waals surface area contributed by atoms with E-state index in [1.54, 1.807) is 0 Å². The second kappa shape index (κ2) is 67.2. The predicted octanol–water partition coefficient (Wildman–Crippen LogP) is 11.1. The third-order valence-corrected chi connectivity index (χ3v) is 15.8. The fourth-order valence-corrected chi connectivity index (χ4v) is 10.6. The Kier molecular flexibility index (Phi) is 65.5. The van der Waals surface area contributed by atoms with Crippen LogP contribution in [-0.4, -0.2) is 152 Å². The summed E-state index contributed by atoms with van der Waals surface area (Å²) in [4.78, 5) is 32.2. The van der Waals surface area contributed by atoms with Crippen LogP contribution in [0.1, 0.15) is 264 Å². The monoisotopic (exact) mass is 1150 g/mol. The number of hydrogen-bond donors (Lipinski definition) is 10. The van der Waals surface area contributed by atoms with Gasteiger partial charge < -0.3 is 64.6 Å². The fraction of sp³-hybridized carbons (Fsp3) is 0.910. The van der Waals surface area contributed by atoms with Gasteiger partial charge in [0.25, 0.3) is 0 Å². The van der Waals surface area contributed by atoms with Gasteiger partial charge >= 0.3 is 0 Å². The zero-order valence-corrected chi connectivity index (χ0v) is 53.8. The molecule has 14 nitrogen and oxygen atoms in total. The minimum absolute atomic E-state index is 0.0928. The molecule has 0 aliphatic rings. The largest absolute Gasteiger partial charge is 0.355 e. The van der Waals surface area contributed by atoms with E-state index in [4.69, 9.17) is 22.9 Å². The van der Waals surface area contributed by atoms with Crippen molar-refractivity contribution >= 4 is 11.8 Å². The summed E-state index contributed by atoms with van der Waals surface area (Å²) in [7, 11) is 0. The van der Waals surface area contributed by atoms with Gasteiger partial charge in [-0.1, -0.05) is 154 Å². The van der Waals surface area contributed by atoms with Crippen molar-refractivity contribution in [3.8, 4) is 0 Å². The normalized spacial score (nSPS) is 12.7. The lowest BCUT2D eigenvalue weighted by Crippen LogP contribution is -2.46. The lowest BCUT2D eigenvalue weighted by molar-refractivity contribution is -0.124. The molecule has 0 aromatic rings. The van der Waals surface area contributed by atoms with Crippen LogP contribution in [-0.2, 0) is 9.59 Å². The summed E-state index contributed by atoms with van der Waals surface area (Å²) in [5.41, 5.74) is 22.9. The quantitative estimate of drug-likeness (QED) is 0.0203. The molecule has 0 bridgehead atoms. The molecule has 0 rings (SSSR count). The van der Waals surface area contributed by atoms with Crippen LogP contribution in [0.25, 0.3) is 0 Å². The van der Waals surface area contributed by atoms with Gasteiger partial charge in [-0.05, 0) is 240 Å². The average Bonchev–Trinajstić information content (AvgIpc) is 3.47. The molecule has 2 unspecified atom stereocenters. The molecule has 0 aliphatic heterocycles. The number of nitrogens with two attached hydrogens (primary N) is 4. The zero-order valence-electron chi connectivity index (χ0n) is 53.8. The molecule has 81 heavy (non-hydrogen) atoms. The molecule has 0 aromatic carbocycles. The lowest BCUT2D eigenvalue weighted by atomic mass is 10.1. The van der Waals surface area contributed by atoms with Crippen molar-refractivity contribution in [2.45, 2.75) is 276 Å².